The Balaban J connectivity index is 2.35. The number of rotatable bonds is 3. The number of nitrogens with zero attached hydrogens (tertiary/aromatic N) is 1. The highest BCUT2D eigenvalue weighted by atomic mass is 16.5. The van der Waals surface area contributed by atoms with E-state index in [4.69, 9.17) is 10.5 Å². The number of likely N-dealkylation sites (N-methyl/N-ethyl adjacent to an activating group) is 1. The van der Waals surface area contributed by atoms with Crippen LogP contribution in [-0.4, -0.2) is 43.3 Å². The van der Waals surface area contributed by atoms with Gasteiger partial charge in [-0.15, -0.1) is 0 Å². The molecule has 0 amide bonds. The fourth-order valence-corrected chi connectivity index (χ4v) is 1.89. The van der Waals surface area contributed by atoms with Gasteiger partial charge in [-0.3, -0.25) is 4.90 Å². The van der Waals surface area contributed by atoms with E-state index in [1.54, 1.807) is 0 Å². The third-order valence-corrected chi connectivity index (χ3v) is 2.48. The van der Waals surface area contributed by atoms with Crippen LogP contribution in [0.1, 0.15) is 20.3 Å². The zero-order valence-corrected chi connectivity index (χ0v) is 8.29. The number of nitrogens with two attached hydrogens (primary N) is 1. The molecule has 72 valence electrons. The van der Waals surface area contributed by atoms with Gasteiger partial charge in [0.05, 0.1) is 6.10 Å². The van der Waals surface area contributed by atoms with Crippen molar-refractivity contribution in [2.75, 3.05) is 20.2 Å². The second kappa shape index (κ2) is 4.21. The molecule has 0 bridgehead atoms. The summed E-state index contributed by atoms with van der Waals surface area (Å²) in [6.07, 6.45) is 1.51. The lowest BCUT2D eigenvalue weighted by molar-refractivity contribution is 0.0824. The molecular formula is C9H20N2O. The maximum Gasteiger partial charge on any atom is 0.0702 e. The van der Waals surface area contributed by atoms with E-state index >= 15 is 0 Å². The lowest BCUT2D eigenvalue weighted by Gasteiger charge is -2.27. The van der Waals surface area contributed by atoms with Crippen molar-refractivity contribution < 1.29 is 4.74 Å². The average Bonchev–Trinajstić information content (AvgIpc) is 2.33. The summed E-state index contributed by atoms with van der Waals surface area (Å²) in [6.45, 7) is 6.03. The van der Waals surface area contributed by atoms with E-state index in [0.29, 0.717) is 12.1 Å². The van der Waals surface area contributed by atoms with Crippen LogP contribution in [-0.2, 0) is 4.74 Å². The van der Waals surface area contributed by atoms with Crippen molar-refractivity contribution >= 4 is 0 Å². The van der Waals surface area contributed by atoms with Crippen molar-refractivity contribution in [1.29, 1.82) is 0 Å². The molecule has 0 aromatic heterocycles. The smallest absolute Gasteiger partial charge is 0.0702 e. The molecule has 0 spiro atoms. The van der Waals surface area contributed by atoms with E-state index in [1.807, 2.05) is 6.92 Å². The zero-order chi connectivity index (χ0) is 9.14. The van der Waals surface area contributed by atoms with Crippen LogP contribution in [0.5, 0.6) is 0 Å². The molecule has 1 rings (SSSR count). The SMILES string of the molecule is CC(N)CN(C)C1CCOC1C. The van der Waals surface area contributed by atoms with Crippen LogP contribution in [0, 0.1) is 0 Å². The topological polar surface area (TPSA) is 38.5 Å². The quantitative estimate of drug-likeness (QED) is 0.671. The molecule has 0 aromatic rings. The van der Waals surface area contributed by atoms with Gasteiger partial charge in [-0.25, -0.2) is 0 Å². The molecule has 0 saturated carbocycles. The van der Waals surface area contributed by atoms with Crippen molar-refractivity contribution in [2.45, 2.75) is 38.5 Å². The Bertz CT molecular complexity index is 138. The van der Waals surface area contributed by atoms with Crippen molar-refractivity contribution in [3.63, 3.8) is 0 Å². The van der Waals surface area contributed by atoms with Crippen molar-refractivity contribution in [1.82, 2.24) is 4.90 Å². The summed E-state index contributed by atoms with van der Waals surface area (Å²) in [5.41, 5.74) is 5.72. The minimum absolute atomic E-state index is 0.253. The van der Waals surface area contributed by atoms with Crippen molar-refractivity contribution in [2.24, 2.45) is 5.73 Å². The third kappa shape index (κ3) is 2.44. The predicted octanol–water partition coefficient (Wildman–Crippen LogP) is 0.443. The van der Waals surface area contributed by atoms with Gasteiger partial charge in [-0.05, 0) is 27.3 Å². The molecule has 1 aliphatic rings. The molecule has 1 saturated heterocycles. The van der Waals surface area contributed by atoms with Crippen LogP contribution < -0.4 is 5.73 Å². The first-order chi connectivity index (χ1) is 5.61. The molecule has 0 aromatic carbocycles. The summed E-state index contributed by atoms with van der Waals surface area (Å²) in [7, 11) is 2.12. The predicted molar refractivity (Wildman–Crippen MR) is 50.1 cm³/mol. The highest BCUT2D eigenvalue weighted by molar-refractivity contribution is 4.81. The molecule has 3 atom stereocenters. The molecule has 3 nitrogen and oxygen atoms in total. The van der Waals surface area contributed by atoms with Crippen molar-refractivity contribution in [3.8, 4) is 0 Å². The van der Waals surface area contributed by atoms with Gasteiger partial charge in [0.1, 0.15) is 0 Å². The van der Waals surface area contributed by atoms with Crippen LogP contribution in [0.15, 0.2) is 0 Å². The number of hydrogen-bond acceptors (Lipinski definition) is 3. The second-order valence-corrected chi connectivity index (χ2v) is 3.85. The molecule has 12 heavy (non-hydrogen) atoms. The molecule has 2 N–H and O–H groups in total. The monoisotopic (exact) mass is 172 g/mol. The number of hydrogen-bond donors (Lipinski definition) is 1. The molecule has 1 aliphatic heterocycles. The Morgan fingerprint density at radius 3 is 2.75 bits per heavy atom. The molecule has 0 aliphatic carbocycles. The van der Waals surface area contributed by atoms with E-state index in [1.165, 1.54) is 0 Å². The Hall–Kier alpha value is -0.120. The zero-order valence-electron chi connectivity index (χ0n) is 8.29. The molecule has 0 radical (unpaired) electrons. The maximum atomic E-state index is 5.72. The van der Waals surface area contributed by atoms with Gasteiger partial charge in [-0.1, -0.05) is 0 Å². The summed E-state index contributed by atoms with van der Waals surface area (Å²) in [5.74, 6) is 0. The largest absolute Gasteiger partial charge is 0.377 e. The first kappa shape index (κ1) is 9.96. The Kier molecular flexibility index (Phi) is 3.50. The summed E-state index contributed by atoms with van der Waals surface area (Å²) in [5, 5.41) is 0. The fourth-order valence-electron chi connectivity index (χ4n) is 1.89. The van der Waals surface area contributed by atoms with Gasteiger partial charge in [0.15, 0.2) is 0 Å². The van der Waals surface area contributed by atoms with E-state index in [2.05, 4.69) is 18.9 Å². The van der Waals surface area contributed by atoms with Gasteiger partial charge >= 0.3 is 0 Å². The van der Waals surface area contributed by atoms with Gasteiger partial charge in [0.25, 0.3) is 0 Å². The van der Waals surface area contributed by atoms with E-state index < -0.39 is 0 Å². The van der Waals surface area contributed by atoms with E-state index in [-0.39, 0.29) is 6.04 Å². The average molecular weight is 172 g/mol. The maximum absolute atomic E-state index is 5.72. The fraction of sp³-hybridized carbons (Fsp3) is 1.00. The molecule has 1 heterocycles. The summed E-state index contributed by atoms with van der Waals surface area (Å²) >= 11 is 0. The Morgan fingerprint density at radius 1 is 1.67 bits per heavy atom. The minimum Gasteiger partial charge on any atom is -0.377 e. The summed E-state index contributed by atoms with van der Waals surface area (Å²) in [6, 6.07) is 0.818. The first-order valence-electron chi connectivity index (χ1n) is 4.68. The lowest BCUT2D eigenvalue weighted by Crippen LogP contribution is -2.42. The molecule has 1 fully saturated rings. The first-order valence-corrected chi connectivity index (χ1v) is 4.68. The van der Waals surface area contributed by atoms with E-state index in [9.17, 15) is 0 Å². The van der Waals surface area contributed by atoms with Gasteiger partial charge in [0.2, 0.25) is 0 Å². The van der Waals surface area contributed by atoms with Crippen LogP contribution in [0.4, 0.5) is 0 Å². The van der Waals surface area contributed by atoms with Crippen LogP contribution in [0.3, 0.4) is 0 Å². The second-order valence-electron chi connectivity index (χ2n) is 3.85. The van der Waals surface area contributed by atoms with Gasteiger partial charge in [-0.2, -0.15) is 0 Å². The van der Waals surface area contributed by atoms with Crippen molar-refractivity contribution in [3.05, 3.63) is 0 Å². The van der Waals surface area contributed by atoms with E-state index in [0.717, 1.165) is 19.6 Å². The minimum atomic E-state index is 0.253. The van der Waals surface area contributed by atoms with Crippen LogP contribution in [0.25, 0.3) is 0 Å². The number of ether oxygens (including phenoxy) is 1. The van der Waals surface area contributed by atoms with Crippen LogP contribution >= 0.6 is 0 Å². The summed E-state index contributed by atoms with van der Waals surface area (Å²) < 4.78 is 5.49. The summed E-state index contributed by atoms with van der Waals surface area (Å²) in [4.78, 5) is 2.31. The molecule has 3 heteroatoms. The highest BCUT2D eigenvalue weighted by Gasteiger charge is 2.27. The van der Waals surface area contributed by atoms with Gasteiger partial charge in [0, 0.05) is 25.2 Å². The standard InChI is InChI=1S/C9H20N2O/c1-7(10)6-11(3)9-4-5-12-8(9)2/h7-9H,4-6,10H2,1-3H3. The normalized spacial score (nSPS) is 32.8. The van der Waals surface area contributed by atoms with Crippen LogP contribution in [0.2, 0.25) is 0 Å². The third-order valence-electron chi connectivity index (χ3n) is 2.48. The highest BCUT2D eigenvalue weighted by Crippen LogP contribution is 2.17. The molecule has 3 unspecified atom stereocenters. The Morgan fingerprint density at radius 2 is 2.33 bits per heavy atom. The lowest BCUT2D eigenvalue weighted by atomic mass is 10.1. The van der Waals surface area contributed by atoms with Gasteiger partial charge < -0.3 is 10.5 Å². The Labute approximate surface area is 74.9 Å². The molecular weight excluding hydrogens is 152 g/mol.